The number of carbonyl (C=O) groups excluding carboxylic acids is 1. The monoisotopic (exact) mass is 478 g/mol. The van der Waals surface area contributed by atoms with Crippen LogP contribution in [0.5, 0.6) is 0 Å². The minimum absolute atomic E-state index is 0.199. The second-order valence-electron chi connectivity index (χ2n) is 9.66. The number of hydrogen-bond donors (Lipinski definition) is 3. The summed E-state index contributed by atoms with van der Waals surface area (Å²) in [4.78, 5) is 13.3. The van der Waals surface area contributed by atoms with Crippen LogP contribution in [-0.2, 0) is 12.0 Å². The SMILES string of the molecule is CC(C)(NC[C@@H](O)[C@H](Cc1ccccc1)NC(=O)c1cccc(-c2ccccc2)c1)c1ccccc1. The van der Waals surface area contributed by atoms with Gasteiger partial charge in [0, 0.05) is 17.6 Å². The Hall–Kier alpha value is -3.73. The van der Waals surface area contributed by atoms with Crippen molar-refractivity contribution in [2.24, 2.45) is 0 Å². The smallest absolute Gasteiger partial charge is 0.251 e. The summed E-state index contributed by atoms with van der Waals surface area (Å²) >= 11 is 0. The predicted octanol–water partition coefficient (Wildman–Crippen LogP) is 5.58. The van der Waals surface area contributed by atoms with Gasteiger partial charge in [-0.05, 0) is 54.7 Å². The summed E-state index contributed by atoms with van der Waals surface area (Å²) in [5.41, 5.74) is 4.48. The second kappa shape index (κ2) is 11.8. The number of nitrogens with one attached hydrogen (secondary N) is 2. The van der Waals surface area contributed by atoms with Gasteiger partial charge in [-0.25, -0.2) is 0 Å². The van der Waals surface area contributed by atoms with E-state index in [-0.39, 0.29) is 11.4 Å². The number of aliphatic hydroxyl groups is 1. The summed E-state index contributed by atoms with van der Waals surface area (Å²) < 4.78 is 0. The predicted molar refractivity (Wildman–Crippen MR) is 147 cm³/mol. The van der Waals surface area contributed by atoms with E-state index >= 15 is 0 Å². The van der Waals surface area contributed by atoms with Crippen molar-refractivity contribution in [2.45, 2.75) is 38.0 Å². The highest BCUT2D eigenvalue weighted by atomic mass is 16.3. The van der Waals surface area contributed by atoms with Crippen molar-refractivity contribution in [1.29, 1.82) is 0 Å². The lowest BCUT2D eigenvalue weighted by Gasteiger charge is -2.31. The van der Waals surface area contributed by atoms with Crippen molar-refractivity contribution < 1.29 is 9.90 Å². The van der Waals surface area contributed by atoms with Crippen molar-refractivity contribution in [3.8, 4) is 11.1 Å². The number of rotatable bonds is 10. The number of carbonyl (C=O) groups is 1. The zero-order chi connectivity index (χ0) is 25.4. The summed E-state index contributed by atoms with van der Waals surface area (Å²) in [5, 5.41) is 17.8. The maximum atomic E-state index is 13.3. The molecule has 4 aromatic rings. The average Bonchev–Trinajstić information content (AvgIpc) is 2.93. The Morgan fingerprint density at radius 1 is 0.778 bits per heavy atom. The molecule has 1 amide bonds. The molecule has 0 fully saturated rings. The molecule has 36 heavy (non-hydrogen) atoms. The Morgan fingerprint density at radius 2 is 1.36 bits per heavy atom. The Morgan fingerprint density at radius 3 is 2.03 bits per heavy atom. The summed E-state index contributed by atoms with van der Waals surface area (Å²) in [6.07, 6.45) is -0.256. The minimum atomic E-state index is -0.783. The van der Waals surface area contributed by atoms with Gasteiger partial charge in [-0.2, -0.15) is 0 Å². The van der Waals surface area contributed by atoms with Crippen LogP contribution in [0, 0.1) is 0 Å². The van der Waals surface area contributed by atoms with Crippen molar-refractivity contribution in [1.82, 2.24) is 10.6 Å². The van der Waals surface area contributed by atoms with E-state index in [9.17, 15) is 9.90 Å². The maximum absolute atomic E-state index is 13.3. The summed E-state index contributed by atoms with van der Waals surface area (Å²) in [6.45, 7) is 4.52. The molecule has 184 valence electrons. The summed E-state index contributed by atoms with van der Waals surface area (Å²) in [7, 11) is 0. The van der Waals surface area contributed by atoms with Crippen molar-refractivity contribution in [2.75, 3.05) is 6.54 Å². The van der Waals surface area contributed by atoms with Gasteiger partial charge < -0.3 is 15.7 Å². The Labute approximate surface area is 214 Å². The molecule has 3 N–H and O–H groups in total. The number of aliphatic hydroxyl groups excluding tert-OH is 1. The quantitative estimate of drug-likeness (QED) is 0.279. The highest BCUT2D eigenvalue weighted by Gasteiger charge is 2.26. The third-order valence-electron chi connectivity index (χ3n) is 6.56. The molecule has 4 aromatic carbocycles. The Balaban J connectivity index is 1.50. The van der Waals surface area contributed by atoms with Crippen molar-refractivity contribution in [3.63, 3.8) is 0 Å². The molecule has 0 spiro atoms. The lowest BCUT2D eigenvalue weighted by atomic mass is 9.93. The summed E-state index contributed by atoms with van der Waals surface area (Å²) in [6, 6.07) is 37.2. The van der Waals surface area contributed by atoms with Crippen LogP contribution in [0.1, 0.15) is 35.3 Å². The lowest BCUT2D eigenvalue weighted by molar-refractivity contribution is 0.0814. The molecule has 0 radical (unpaired) electrons. The van der Waals surface area contributed by atoms with Gasteiger partial charge in [0.15, 0.2) is 0 Å². The molecule has 0 heterocycles. The summed E-state index contributed by atoms with van der Waals surface area (Å²) in [5.74, 6) is -0.199. The van der Waals surface area contributed by atoms with Crippen molar-refractivity contribution in [3.05, 3.63) is 132 Å². The average molecular weight is 479 g/mol. The Bertz CT molecular complexity index is 1240. The van der Waals surface area contributed by atoms with E-state index in [1.807, 2.05) is 103 Å². The van der Waals surface area contributed by atoms with Gasteiger partial charge in [0.1, 0.15) is 0 Å². The molecular formula is C32H34N2O2. The first-order valence-electron chi connectivity index (χ1n) is 12.4. The molecule has 0 aliphatic heterocycles. The van der Waals surface area contributed by atoms with Gasteiger partial charge in [0.2, 0.25) is 0 Å². The van der Waals surface area contributed by atoms with Crippen LogP contribution >= 0.6 is 0 Å². The van der Waals surface area contributed by atoms with Crippen LogP contribution in [0.3, 0.4) is 0 Å². The van der Waals surface area contributed by atoms with E-state index in [1.165, 1.54) is 0 Å². The maximum Gasteiger partial charge on any atom is 0.251 e. The van der Waals surface area contributed by atoms with Crippen LogP contribution in [0.25, 0.3) is 11.1 Å². The normalized spacial score (nSPS) is 13.1. The fraction of sp³-hybridized carbons (Fsp3) is 0.219. The molecule has 4 nitrogen and oxygen atoms in total. The third kappa shape index (κ3) is 6.69. The minimum Gasteiger partial charge on any atom is -0.390 e. The standard InChI is InChI=1S/C32H34N2O2/c1-32(2,28-19-10-5-11-20-28)33-23-30(35)29(21-24-13-6-3-7-14-24)34-31(36)27-18-12-17-26(22-27)25-15-8-4-9-16-25/h3-20,22,29-30,33,35H,21,23H2,1-2H3,(H,34,36)/t29-,30+/m0/s1. The highest BCUT2D eigenvalue weighted by Crippen LogP contribution is 2.21. The van der Waals surface area contributed by atoms with E-state index in [0.717, 1.165) is 22.3 Å². The number of amides is 1. The molecular weight excluding hydrogens is 444 g/mol. The molecule has 0 aliphatic rings. The fourth-order valence-corrected chi connectivity index (χ4v) is 4.33. The molecule has 0 aromatic heterocycles. The lowest BCUT2D eigenvalue weighted by Crippen LogP contribution is -2.51. The molecule has 0 unspecified atom stereocenters. The fourth-order valence-electron chi connectivity index (χ4n) is 4.33. The molecule has 0 saturated carbocycles. The second-order valence-corrected chi connectivity index (χ2v) is 9.66. The first kappa shape index (κ1) is 25.4. The molecule has 4 rings (SSSR count). The van der Waals surface area contributed by atoms with E-state index in [1.54, 1.807) is 0 Å². The van der Waals surface area contributed by atoms with E-state index in [2.05, 4.69) is 36.6 Å². The van der Waals surface area contributed by atoms with Gasteiger partial charge in [0.05, 0.1) is 12.1 Å². The molecule has 0 aliphatic carbocycles. The Kier molecular flexibility index (Phi) is 8.32. The van der Waals surface area contributed by atoms with Crippen LogP contribution in [0.4, 0.5) is 0 Å². The van der Waals surface area contributed by atoms with Crippen molar-refractivity contribution >= 4 is 5.91 Å². The van der Waals surface area contributed by atoms with E-state index < -0.39 is 12.1 Å². The van der Waals surface area contributed by atoms with E-state index in [0.29, 0.717) is 18.5 Å². The van der Waals surface area contributed by atoms with Gasteiger partial charge in [-0.1, -0.05) is 103 Å². The molecule has 0 bridgehead atoms. The zero-order valence-corrected chi connectivity index (χ0v) is 20.9. The van der Waals surface area contributed by atoms with E-state index in [4.69, 9.17) is 0 Å². The third-order valence-corrected chi connectivity index (χ3v) is 6.56. The first-order valence-corrected chi connectivity index (χ1v) is 12.4. The van der Waals surface area contributed by atoms with Crippen LogP contribution in [0.2, 0.25) is 0 Å². The number of hydrogen-bond acceptors (Lipinski definition) is 3. The van der Waals surface area contributed by atoms with Crippen LogP contribution in [-0.4, -0.2) is 29.7 Å². The van der Waals surface area contributed by atoms with Gasteiger partial charge in [-0.15, -0.1) is 0 Å². The highest BCUT2D eigenvalue weighted by molar-refractivity contribution is 5.95. The van der Waals surface area contributed by atoms with Gasteiger partial charge >= 0.3 is 0 Å². The van der Waals surface area contributed by atoms with Gasteiger partial charge in [-0.3, -0.25) is 4.79 Å². The van der Waals surface area contributed by atoms with Crippen LogP contribution < -0.4 is 10.6 Å². The van der Waals surface area contributed by atoms with Gasteiger partial charge in [0.25, 0.3) is 5.91 Å². The molecule has 0 saturated heterocycles. The number of benzene rings is 4. The molecule has 4 heteroatoms. The zero-order valence-electron chi connectivity index (χ0n) is 20.9. The molecule has 2 atom stereocenters. The largest absolute Gasteiger partial charge is 0.390 e. The first-order chi connectivity index (χ1) is 17.4. The topological polar surface area (TPSA) is 61.4 Å². The van der Waals surface area contributed by atoms with Crippen LogP contribution in [0.15, 0.2) is 115 Å².